The summed E-state index contributed by atoms with van der Waals surface area (Å²) in [5.74, 6) is -0.170. The van der Waals surface area contributed by atoms with Crippen LogP contribution in [-0.4, -0.2) is 16.4 Å². The molecule has 0 radical (unpaired) electrons. The quantitative estimate of drug-likeness (QED) is 0.723. The fourth-order valence-corrected chi connectivity index (χ4v) is 1.24. The Morgan fingerprint density at radius 1 is 1.57 bits per heavy atom. The molecule has 0 aromatic carbocycles. The molecule has 2 rings (SSSR count). The summed E-state index contributed by atoms with van der Waals surface area (Å²) >= 11 is 0. The molecule has 0 aliphatic heterocycles. The van der Waals surface area contributed by atoms with E-state index in [2.05, 4.69) is 10.3 Å². The molecule has 4 nitrogen and oxygen atoms in total. The summed E-state index contributed by atoms with van der Waals surface area (Å²) in [6.07, 6.45) is 3.51. The standard InChI is InChI=1S/C10H12N2O2/c1-10(3-4-10)12-9(14)7-2-5-11-8(13)6-7/h2,5-6H,3-4H2,1H3,(H,11,13)(H,12,14). The molecule has 1 aliphatic rings. The minimum absolute atomic E-state index is 0.0420. The summed E-state index contributed by atoms with van der Waals surface area (Å²) in [6, 6.07) is 2.91. The molecule has 14 heavy (non-hydrogen) atoms. The molecule has 2 N–H and O–H groups in total. The summed E-state index contributed by atoms with van der Waals surface area (Å²) in [4.78, 5) is 25.0. The molecule has 1 fully saturated rings. The monoisotopic (exact) mass is 192 g/mol. The van der Waals surface area contributed by atoms with Crippen LogP contribution in [0.25, 0.3) is 0 Å². The van der Waals surface area contributed by atoms with Gasteiger partial charge in [0.15, 0.2) is 0 Å². The number of pyridine rings is 1. The van der Waals surface area contributed by atoms with Gasteiger partial charge < -0.3 is 10.3 Å². The van der Waals surface area contributed by atoms with E-state index in [1.54, 1.807) is 6.07 Å². The van der Waals surface area contributed by atoms with Crippen molar-refractivity contribution in [3.05, 3.63) is 34.2 Å². The zero-order chi connectivity index (χ0) is 10.2. The molecule has 0 bridgehead atoms. The van der Waals surface area contributed by atoms with Crippen LogP contribution in [0.3, 0.4) is 0 Å². The third-order valence-electron chi connectivity index (χ3n) is 2.45. The van der Waals surface area contributed by atoms with Gasteiger partial charge in [-0.1, -0.05) is 0 Å². The van der Waals surface area contributed by atoms with Gasteiger partial charge in [-0.25, -0.2) is 0 Å². The largest absolute Gasteiger partial charge is 0.347 e. The third kappa shape index (κ3) is 1.84. The smallest absolute Gasteiger partial charge is 0.251 e. The molecular weight excluding hydrogens is 180 g/mol. The van der Waals surface area contributed by atoms with E-state index in [0.29, 0.717) is 5.56 Å². The fourth-order valence-electron chi connectivity index (χ4n) is 1.24. The second-order valence-corrected chi connectivity index (χ2v) is 3.96. The Labute approximate surface area is 81.3 Å². The van der Waals surface area contributed by atoms with Crippen LogP contribution >= 0.6 is 0 Å². The van der Waals surface area contributed by atoms with Crippen molar-refractivity contribution in [3.63, 3.8) is 0 Å². The lowest BCUT2D eigenvalue weighted by molar-refractivity contribution is 0.0935. The number of aromatic amines is 1. The molecule has 1 aromatic rings. The van der Waals surface area contributed by atoms with Gasteiger partial charge in [-0.2, -0.15) is 0 Å². The van der Waals surface area contributed by atoms with Crippen LogP contribution < -0.4 is 10.9 Å². The minimum Gasteiger partial charge on any atom is -0.347 e. The highest BCUT2D eigenvalue weighted by Gasteiger charge is 2.38. The summed E-state index contributed by atoms with van der Waals surface area (Å²) in [7, 11) is 0. The van der Waals surface area contributed by atoms with E-state index in [1.165, 1.54) is 12.3 Å². The lowest BCUT2D eigenvalue weighted by Gasteiger charge is -2.10. The lowest BCUT2D eigenvalue weighted by Crippen LogP contribution is -2.34. The first-order chi connectivity index (χ1) is 6.59. The van der Waals surface area contributed by atoms with Gasteiger partial charge in [-0.05, 0) is 25.8 Å². The third-order valence-corrected chi connectivity index (χ3v) is 2.45. The Balaban J connectivity index is 2.15. The zero-order valence-electron chi connectivity index (χ0n) is 7.96. The first-order valence-corrected chi connectivity index (χ1v) is 4.60. The first kappa shape index (κ1) is 8.99. The van der Waals surface area contributed by atoms with Gasteiger partial charge in [0.05, 0.1) is 0 Å². The Kier molecular flexibility index (Phi) is 1.91. The Bertz CT molecular complexity index is 418. The second kappa shape index (κ2) is 2.97. The van der Waals surface area contributed by atoms with Crippen molar-refractivity contribution in [2.45, 2.75) is 25.3 Å². The molecule has 74 valence electrons. The molecule has 0 atom stereocenters. The van der Waals surface area contributed by atoms with Gasteiger partial charge >= 0.3 is 0 Å². The molecule has 1 aromatic heterocycles. The van der Waals surface area contributed by atoms with Crippen molar-refractivity contribution < 1.29 is 4.79 Å². The molecule has 1 amide bonds. The van der Waals surface area contributed by atoms with Crippen molar-refractivity contribution in [2.24, 2.45) is 0 Å². The van der Waals surface area contributed by atoms with Gasteiger partial charge in [-0.3, -0.25) is 9.59 Å². The average molecular weight is 192 g/mol. The van der Waals surface area contributed by atoms with Crippen molar-refractivity contribution in [3.8, 4) is 0 Å². The molecule has 4 heteroatoms. The number of rotatable bonds is 2. The van der Waals surface area contributed by atoms with Crippen molar-refractivity contribution >= 4 is 5.91 Å². The lowest BCUT2D eigenvalue weighted by atomic mass is 10.2. The number of hydrogen-bond acceptors (Lipinski definition) is 2. The average Bonchev–Trinajstić information content (AvgIpc) is 2.83. The molecule has 1 aliphatic carbocycles. The first-order valence-electron chi connectivity index (χ1n) is 4.60. The molecule has 0 spiro atoms. The topological polar surface area (TPSA) is 62.0 Å². The van der Waals surface area contributed by atoms with Crippen LogP contribution in [0.15, 0.2) is 23.1 Å². The van der Waals surface area contributed by atoms with E-state index in [1.807, 2.05) is 6.92 Å². The molecule has 0 saturated heterocycles. The molecular formula is C10H12N2O2. The van der Waals surface area contributed by atoms with Crippen molar-refractivity contribution in [2.75, 3.05) is 0 Å². The number of hydrogen-bond donors (Lipinski definition) is 2. The molecule has 1 saturated carbocycles. The van der Waals surface area contributed by atoms with Gasteiger partial charge in [0.2, 0.25) is 5.56 Å². The Hall–Kier alpha value is -1.58. The van der Waals surface area contributed by atoms with E-state index in [9.17, 15) is 9.59 Å². The van der Waals surface area contributed by atoms with Gasteiger partial charge in [0.1, 0.15) is 0 Å². The Morgan fingerprint density at radius 3 is 2.86 bits per heavy atom. The minimum atomic E-state index is -0.251. The van der Waals surface area contributed by atoms with Crippen LogP contribution in [0.1, 0.15) is 30.1 Å². The number of H-pyrrole nitrogens is 1. The number of carbonyl (C=O) groups excluding carboxylic acids is 1. The number of carbonyl (C=O) groups is 1. The molecule has 1 heterocycles. The zero-order valence-corrected chi connectivity index (χ0v) is 7.96. The summed E-state index contributed by atoms with van der Waals surface area (Å²) in [6.45, 7) is 2.00. The second-order valence-electron chi connectivity index (χ2n) is 3.96. The van der Waals surface area contributed by atoms with Crippen molar-refractivity contribution in [1.29, 1.82) is 0 Å². The van der Waals surface area contributed by atoms with Crippen molar-refractivity contribution in [1.82, 2.24) is 10.3 Å². The van der Waals surface area contributed by atoms with Crippen LogP contribution in [0, 0.1) is 0 Å². The maximum Gasteiger partial charge on any atom is 0.251 e. The van der Waals surface area contributed by atoms with E-state index in [-0.39, 0.29) is 17.0 Å². The van der Waals surface area contributed by atoms with Crippen LogP contribution in [0.5, 0.6) is 0 Å². The number of aromatic nitrogens is 1. The summed E-state index contributed by atoms with van der Waals surface area (Å²) < 4.78 is 0. The highest BCUT2D eigenvalue weighted by molar-refractivity contribution is 5.94. The fraction of sp³-hybridized carbons (Fsp3) is 0.400. The summed E-state index contributed by atoms with van der Waals surface area (Å²) in [5, 5.41) is 2.88. The maximum atomic E-state index is 11.6. The Morgan fingerprint density at radius 2 is 2.29 bits per heavy atom. The predicted octanol–water partition coefficient (Wildman–Crippen LogP) is 0.657. The molecule has 0 unspecified atom stereocenters. The summed E-state index contributed by atoms with van der Waals surface area (Å²) in [5.41, 5.74) is 0.125. The van der Waals surface area contributed by atoms with Gasteiger partial charge in [-0.15, -0.1) is 0 Å². The van der Waals surface area contributed by atoms with Crippen LogP contribution in [-0.2, 0) is 0 Å². The van der Waals surface area contributed by atoms with Crippen LogP contribution in [0.2, 0.25) is 0 Å². The predicted molar refractivity (Wildman–Crippen MR) is 52.2 cm³/mol. The van der Waals surface area contributed by atoms with Gasteiger partial charge in [0.25, 0.3) is 5.91 Å². The number of amides is 1. The highest BCUT2D eigenvalue weighted by Crippen LogP contribution is 2.34. The van der Waals surface area contributed by atoms with E-state index >= 15 is 0 Å². The van der Waals surface area contributed by atoms with E-state index < -0.39 is 0 Å². The number of nitrogens with one attached hydrogen (secondary N) is 2. The van der Waals surface area contributed by atoms with E-state index in [4.69, 9.17) is 0 Å². The highest BCUT2D eigenvalue weighted by atomic mass is 16.2. The van der Waals surface area contributed by atoms with Crippen LogP contribution in [0.4, 0.5) is 0 Å². The SMILES string of the molecule is CC1(NC(=O)c2cc[nH]c(=O)c2)CC1. The van der Waals surface area contributed by atoms with Gasteiger partial charge in [0, 0.05) is 23.4 Å². The normalized spacial score (nSPS) is 17.5. The maximum absolute atomic E-state index is 11.6. The van der Waals surface area contributed by atoms with E-state index in [0.717, 1.165) is 12.8 Å².